The number of benzene rings is 2. The molecular formula is C17H10ClF3N2O. The number of alkyl halides is 3. The highest BCUT2D eigenvalue weighted by molar-refractivity contribution is 6.32. The quantitative estimate of drug-likeness (QED) is 0.809. The van der Waals surface area contributed by atoms with Crippen LogP contribution in [-0.2, 0) is 4.79 Å². The summed E-state index contributed by atoms with van der Waals surface area (Å²) in [5, 5.41) is 11.2. The topological polar surface area (TPSA) is 52.9 Å². The molecule has 0 aliphatic carbocycles. The van der Waals surface area contributed by atoms with Crippen LogP contribution < -0.4 is 5.32 Å². The highest BCUT2D eigenvalue weighted by Crippen LogP contribution is 2.33. The van der Waals surface area contributed by atoms with E-state index in [1.807, 2.05) is 6.07 Å². The average molecular weight is 351 g/mol. The number of nitriles is 1. The number of anilines is 1. The number of hydrogen-bond acceptors (Lipinski definition) is 2. The van der Waals surface area contributed by atoms with Crippen molar-refractivity contribution in [1.82, 2.24) is 0 Å². The molecule has 0 aliphatic heterocycles. The molecule has 0 radical (unpaired) electrons. The number of carbonyl (C=O) groups excluding carboxylic acids is 1. The molecule has 7 heteroatoms. The van der Waals surface area contributed by atoms with Gasteiger partial charge in [-0.1, -0.05) is 41.9 Å². The van der Waals surface area contributed by atoms with Crippen LogP contribution in [0.15, 0.2) is 54.6 Å². The van der Waals surface area contributed by atoms with Gasteiger partial charge < -0.3 is 5.32 Å². The molecule has 2 aromatic rings. The van der Waals surface area contributed by atoms with Crippen LogP contribution in [0.4, 0.5) is 18.9 Å². The van der Waals surface area contributed by atoms with Crippen LogP contribution in [0.5, 0.6) is 0 Å². The molecule has 3 nitrogen and oxygen atoms in total. The third-order valence-corrected chi connectivity index (χ3v) is 3.34. The van der Waals surface area contributed by atoms with E-state index in [1.165, 1.54) is 42.5 Å². The number of rotatable bonds is 3. The van der Waals surface area contributed by atoms with Crippen molar-refractivity contribution in [2.45, 2.75) is 6.18 Å². The van der Waals surface area contributed by atoms with E-state index in [1.54, 1.807) is 6.07 Å². The second-order valence-electron chi connectivity index (χ2n) is 4.72. The Kier molecular flexibility index (Phi) is 5.27. The SMILES string of the molecule is N#Cc1ccc(NC(=O)/C=C(\c2ccccc2)C(F)(F)F)cc1Cl. The van der Waals surface area contributed by atoms with Gasteiger partial charge in [-0.3, -0.25) is 4.79 Å². The molecule has 0 saturated heterocycles. The molecule has 24 heavy (non-hydrogen) atoms. The summed E-state index contributed by atoms with van der Waals surface area (Å²) < 4.78 is 39.5. The Morgan fingerprint density at radius 3 is 2.38 bits per heavy atom. The zero-order chi connectivity index (χ0) is 17.7. The number of allylic oxidation sites excluding steroid dienone is 1. The van der Waals surface area contributed by atoms with Crippen molar-refractivity contribution in [3.8, 4) is 6.07 Å². The third-order valence-electron chi connectivity index (χ3n) is 3.02. The number of amides is 1. The first kappa shape index (κ1) is 17.6. The molecule has 122 valence electrons. The first-order valence-corrected chi connectivity index (χ1v) is 7.04. The van der Waals surface area contributed by atoms with Crippen molar-refractivity contribution in [1.29, 1.82) is 5.26 Å². The van der Waals surface area contributed by atoms with Gasteiger partial charge in [-0.15, -0.1) is 0 Å². The molecule has 0 fully saturated rings. The fourth-order valence-corrected chi connectivity index (χ4v) is 2.16. The van der Waals surface area contributed by atoms with Crippen LogP contribution in [0.1, 0.15) is 11.1 Å². The zero-order valence-corrected chi connectivity index (χ0v) is 12.8. The minimum Gasteiger partial charge on any atom is -0.322 e. The summed E-state index contributed by atoms with van der Waals surface area (Å²) in [5.74, 6) is -0.952. The normalized spacial score (nSPS) is 11.7. The van der Waals surface area contributed by atoms with E-state index in [0.29, 0.717) is 6.08 Å². The van der Waals surface area contributed by atoms with E-state index in [2.05, 4.69) is 5.32 Å². The van der Waals surface area contributed by atoms with Gasteiger partial charge in [0.25, 0.3) is 0 Å². The monoisotopic (exact) mass is 350 g/mol. The minimum absolute atomic E-state index is 0.0957. The van der Waals surface area contributed by atoms with E-state index in [9.17, 15) is 18.0 Å². The summed E-state index contributed by atoms with van der Waals surface area (Å²) in [6.07, 6.45) is -4.19. The van der Waals surface area contributed by atoms with Gasteiger partial charge in [-0.25, -0.2) is 0 Å². The molecule has 2 aromatic carbocycles. The second kappa shape index (κ2) is 7.20. The van der Waals surface area contributed by atoms with Crippen molar-refractivity contribution < 1.29 is 18.0 Å². The molecule has 1 amide bonds. The Hall–Kier alpha value is -2.78. The predicted molar refractivity (Wildman–Crippen MR) is 85.3 cm³/mol. The van der Waals surface area contributed by atoms with Gasteiger partial charge in [0.05, 0.1) is 16.2 Å². The molecule has 0 aliphatic rings. The maximum atomic E-state index is 13.2. The molecule has 2 rings (SSSR count). The van der Waals surface area contributed by atoms with Crippen LogP contribution in [-0.4, -0.2) is 12.1 Å². The summed E-state index contributed by atoms with van der Waals surface area (Å²) >= 11 is 5.82. The van der Waals surface area contributed by atoms with E-state index < -0.39 is 17.7 Å². The van der Waals surface area contributed by atoms with E-state index in [-0.39, 0.29) is 21.8 Å². The zero-order valence-electron chi connectivity index (χ0n) is 12.1. The summed E-state index contributed by atoms with van der Waals surface area (Å²) in [6.45, 7) is 0. The molecule has 0 aromatic heterocycles. The van der Waals surface area contributed by atoms with Gasteiger partial charge in [0.1, 0.15) is 6.07 Å². The van der Waals surface area contributed by atoms with Crippen LogP contribution in [0.3, 0.4) is 0 Å². The van der Waals surface area contributed by atoms with E-state index >= 15 is 0 Å². The lowest BCUT2D eigenvalue weighted by Gasteiger charge is -2.12. The van der Waals surface area contributed by atoms with Crippen molar-refractivity contribution in [3.05, 3.63) is 70.8 Å². The van der Waals surface area contributed by atoms with Gasteiger partial charge in [-0.2, -0.15) is 18.4 Å². The largest absolute Gasteiger partial charge is 0.417 e. The average Bonchev–Trinajstić information content (AvgIpc) is 2.52. The number of carbonyl (C=O) groups is 1. The lowest BCUT2D eigenvalue weighted by Crippen LogP contribution is -2.16. The lowest BCUT2D eigenvalue weighted by molar-refractivity contribution is -0.112. The van der Waals surface area contributed by atoms with E-state index in [4.69, 9.17) is 16.9 Å². The molecule has 0 atom stereocenters. The number of nitrogens with one attached hydrogen (secondary N) is 1. The Balaban J connectivity index is 2.29. The molecule has 0 unspecified atom stereocenters. The van der Waals surface area contributed by atoms with Crippen molar-refractivity contribution in [3.63, 3.8) is 0 Å². The van der Waals surface area contributed by atoms with Crippen LogP contribution >= 0.6 is 11.6 Å². The Labute approximate surface area is 141 Å². The summed E-state index contributed by atoms with van der Waals surface area (Å²) in [6, 6.07) is 12.9. The molecule has 0 spiro atoms. The van der Waals surface area contributed by atoms with Gasteiger partial charge in [0.2, 0.25) is 5.91 Å². The Morgan fingerprint density at radius 1 is 1.17 bits per heavy atom. The van der Waals surface area contributed by atoms with Gasteiger partial charge in [0, 0.05) is 11.8 Å². The van der Waals surface area contributed by atoms with Crippen molar-refractivity contribution in [2.24, 2.45) is 0 Å². The van der Waals surface area contributed by atoms with Gasteiger partial charge >= 0.3 is 6.18 Å². The molecule has 0 bridgehead atoms. The van der Waals surface area contributed by atoms with Crippen LogP contribution in [0.25, 0.3) is 5.57 Å². The van der Waals surface area contributed by atoms with Crippen LogP contribution in [0.2, 0.25) is 5.02 Å². The lowest BCUT2D eigenvalue weighted by atomic mass is 10.1. The highest BCUT2D eigenvalue weighted by atomic mass is 35.5. The van der Waals surface area contributed by atoms with E-state index in [0.717, 1.165) is 0 Å². The minimum atomic E-state index is -4.68. The Bertz CT molecular complexity index is 824. The van der Waals surface area contributed by atoms with Crippen LogP contribution in [0, 0.1) is 11.3 Å². The maximum Gasteiger partial charge on any atom is 0.417 e. The predicted octanol–water partition coefficient (Wildman–Crippen LogP) is 4.80. The fraction of sp³-hybridized carbons (Fsp3) is 0.0588. The molecule has 0 heterocycles. The maximum absolute atomic E-state index is 13.2. The summed E-state index contributed by atoms with van der Waals surface area (Å²) in [4.78, 5) is 11.9. The number of nitrogens with zero attached hydrogens (tertiary/aromatic N) is 1. The number of hydrogen-bond donors (Lipinski definition) is 1. The second-order valence-corrected chi connectivity index (χ2v) is 5.12. The van der Waals surface area contributed by atoms with Gasteiger partial charge in [-0.05, 0) is 23.8 Å². The first-order valence-electron chi connectivity index (χ1n) is 6.66. The standard InChI is InChI=1S/C17H10ClF3N2O/c18-15-8-13(7-6-12(15)10-22)23-16(24)9-14(17(19,20)21)11-4-2-1-3-5-11/h1-9H,(H,23,24)/b14-9+. The molecule has 1 N–H and O–H groups in total. The molecule has 0 saturated carbocycles. The molecular weight excluding hydrogens is 341 g/mol. The third kappa shape index (κ3) is 4.37. The summed E-state index contributed by atoms with van der Waals surface area (Å²) in [7, 11) is 0. The first-order chi connectivity index (χ1) is 11.3. The van der Waals surface area contributed by atoms with Gasteiger partial charge in [0.15, 0.2) is 0 Å². The van der Waals surface area contributed by atoms with Crippen molar-refractivity contribution >= 4 is 28.8 Å². The highest BCUT2D eigenvalue weighted by Gasteiger charge is 2.35. The fourth-order valence-electron chi connectivity index (χ4n) is 1.94. The van der Waals surface area contributed by atoms with Crippen molar-refractivity contribution in [2.75, 3.05) is 5.32 Å². The Morgan fingerprint density at radius 2 is 1.83 bits per heavy atom. The number of halogens is 4. The summed E-state index contributed by atoms with van der Waals surface area (Å²) in [5.41, 5.74) is -0.779. The smallest absolute Gasteiger partial charge is 0.322 e.